The predicted molar refractivity (Wildman–Crippen MR) is 52.4 cm³/mol. The van der Waals surface area contributed by atoms with Gasteiger partial charge in [-0.15, -0.1) is 0 Å². The van der Waals surface area contributed by atoms with Gasteiger partial charge in [0.25, 0.3) is 6.47 Å². The predicted octanol–water partition coefficient (Wildman–Crippen LogP) is 2.65. The van der Waals surface area contributed by atoms with Gasteiger partial charge in [-0.25, -0.2) is 0 Å². The molecule has 0 N–H and O–H groups in total. The highest BCUT2D eigenvalue weighted by molar-refractivity contribution is 9.10. The van der Waals surface area contributed by atoms with E-state index in [0.29, 0.717) is 27.5 Å². The van der Waals surface area contributed by atoms with E-state index in [-0.39, 0.29) is 0 Å². The third kappa shape index (κ3) is 2.35. The summed E-state index contributed by atoms with van der Waals surface area (Å²) in [4.78, 5) is 10.1. The molecule has 0 amide bonds. The summed E-state index contributed by atoms with van der Waals surface area (Å²) in [6, 6.07) is 3.13. The fourth-order valence-electron chi connectivity index (χ4n) is 0.814. The largest absolute Gasteiger partial charge is 0.493 e. The SMILES string of the molecule is COc1cc(Cl)c(Br)cc1OC=O. The molecule has 0 aliphatic rings. The number of hydrogen-bond donors (Lipinski definition) is 0. The standard InChI is InChI=1S/C8H6BrClO3/c1-12-7-3-6(10)5(9)2-8(7)13-4-11/h2-4H,1H3. The van der Waals surface area contributed by atoms with Gasteiger partial charge in [-0.2, -0.15) is 0 Å². The van der Waals surface area contributed by atoms with Gasteiger partial charge in [0.05, 0.1) is 12.1 Å². The lowest BCUT2D eigenvalue weighted by atomic mass is 10.3. The van der Waals surface area contributed by atoms with Crippen molar-refractivity contribution in [1.82, 2.24) is 0 Å². The fraction of sp³-hybridized carbons (Fsp3) is 0.125. The van der Waals surface area contributed by atoms with Crippen molar-refractivity contribution in [1.29, 1.82) is 0 Å². The lowest BCUT2D eigenvalue weighted by molar-refractivity contribution is -0.120. The first-order chi connectivity index (χ1) is 6.19. The smallest absolute Gasteiger partial charge is 0.298 e. The monoisotopic (exact) mass is 264 g/mol. The van der Waals surface area contributed by atoms with Crippen LogP contribution in [0.1, 0.15) is 0 Å². The zero-order valence-electron chi connectivity index (χ0n) is 6.71. The Balaban J connectivity index is 3.15. The summed E-state index contributed by atoms with van der Waals surface area (Å²) < 4.78 is 10.3. The molecular weight excluding hydrogens is 259 g/mol. The molecule has 0 aliphatic heterocycles. The van der Waals surface area contributed by atoms with Crippen molar-refractivity contribution in [2.75, 3.05) is 7.11 Å². The molecule has 1 aromatic rings. The first kappa shape index (κ1) is 10.3. The van der Waals surface area contributed by atoms with E-state index in [9.17, 15) is 4.79 Å². The summed E-state index contributed by atoms with van der Waals surface area (Å²) in [5.41, 5.74) is 0. The zero-order valence-corrected chi connectivity index (χ0v) is 9.05. The molecule has 0 saturated heterocycles. The normalized spacial score (nSPS) is 9.46. The summed E-state index contributed by atoms with van der Waals surface area (Å²) in [6.07, 6.45) is 0. The Morgan fingerprint density at radius 3 is 2.69 bits per heavy atom. The van der Waals surface area contributed by atoms with E-state index >= 15 is 0 Å². The minimum atomic E-state index is 0.328. The zero-order chi connectivity index (χ0) is 9.84. The molecule has 0 fully saturated rings. The van der Waals surface area contributed by atoms with Crippen LogP contribution in [0.4, 0.5) is 0 Å². The van der Waals surface area contributed by atoms with Crippen molar-refractivity contribution in [3.8, 4) is 11.5 Å². The maximum absolute atomic E-state index is 10.1. The Labute approximate surface area is 88.7 Å². The maximum Gasteiger partial charge on any atom is 0.298 e. The molecule has 0 aliphatic carbocycles. The topological polar surface area (TPSA) is 35.5 Å². The van der Waals surface area contributed by atoms with Gasteiger partial charge in [-0.1, -0.05) is 11.6 Å². The molecule has 70 valence electrons. The Hall–Kier alpha value is -0.740. The highest BCUT2D eigenvalue weighted by atomic mass is 79.9. The Morgan fingerprint density at radius 1 is 1.46 bits per heavy atom. The first-order valence-electron chi connectivity index (χ1n) is 3.32. The van der Waals surface area contributed by atoms with Crippen molar-refractivity contribution < 1.29 is 14.3 Å². The molecule has 0 saturated carbocycles. The lowest BCUT2D eigenvalue weighted by Crippen LogP contribution is -1.93. The van der Waals surface area contributed by atoms with Crippen molar-refractivity contribution >= 4 is 34.0 Å². The van der Waals surface area contributed by atoms with Crippen LogP contribution < -0.4 is 9.47 Å². The molecule has 3 nitrogen and oxygen atoms in total. The van der Waals surface area contributed by atoms with Gasteiger partial charge in [-0.05, 0) is 15.9 Å². The van der Waals surface area contributed by atoms with Crippen LogP contribution in [0.25, 0.3) is 0 Å². The first-order valence-corrected chi connectivity index (χ1v) is 4.49. The molecule has 0 bridgehead atoms. The van der Waals surface area contributed by atoms with Gasteiger partial charge < -0.3 is 9.47 Å². The van der Waals surface area contributed by atoms with Crippen LogP contribution in [0.2, 0.25) is 5.02 Å². The van der Waals surface area contributed by atoms with Gasteiger partial charge in [0, 0.05) is 16.6 Å². The van der Waals surface area contributed by atoms with E-state index in [4.69, 9.17) is 16.3 Å². The summed E-state index contributed by atoms with van der Waals surface area (Å²) >= 11 is 8.99. The molecule has 13 heavy (non-hydrogen) atoms. The number of carbonyl (C=O) groups excluding carboxylic acids is 1. The number of carbonyl (C=O) groups is 1. The minimum Gasteiger partial charge on any atom is -0.493 e. The van der Waals surface area contributed by atoms with E-state index in [1.54, 1.807) is 12.1 Å². The van der Waals surface area contributed by atoms with Crippen molar-refractivity contribution in [3.05, 3.63) is 21.6 Å². The molecule has 1 aromatic carbocycles. The molecule has 5 heteroatoms. The maximum atomic E-state index is 10.1. The quantitative estimate of drug-likeness (QED) is 0.788. The molecule has 0 atom stereocenters. The van der Waals surface area contributed by atoms with E-state index in [0.717, 1.165) is 0 Å². The number of ether oxygens (including phenoxy) is 2. The second-order valence-electron chi connectivity index (χ2n) is 2.13. The average Bonchev–Trinajstić information content (AvgIpc) is 2.11. The highest BCUT2D eigenvalue weighted by Crippen LogP contribution is 2.35. The molecule has 0 heterocycles. The van der Waals surface area contributed by atoms with E-state index in [1.807, 2.05) is 0 Å². The molecule has 0 aromatic heterocycles. The second kappa shape index (κ2) is 4.48. The van der Waals surface area contributed by atoms with Crippen LogP contribution in [0.3, 0.4) is 0 Å². The molecule has 0 unspecified atom stereocenters. The number of rotatable bonds is 3. The summed E-state index contributed by atoms with van der Waals surface area (Å²) in [6.45, 7) is 0.332. The highest BCUT2D eigenvalue weighted by Gasteiger charge is 2.08. The van der Waals surface area contributed by atoms with Crippen LogP contribution in [-0.2, 0) is 4.79 Å². The van der Waals surface area contributed by atoms with Crippen LogP contribution in [0.5, 0.6) is 11.5 Å². The Bertz CT molecular complexity index is 327. The second-order valence-corrected chi connectivity index (χ2v) is 3.39. The summed E-state index contributed by atoms with van der Waals surface area (Å²) in [5.74, 6) is 0.745. The van der Waals surface area contributed by atoms with E-state index in [2.05, 4.69) is 20.7 Å². The van der Waals surface area contributed by atoms with Crippen LogP contribution in [-0.4, -0.2) is 13.6 Å². The minimum absolute atomic E-state index is 0.328. The fourth-order valence-corrected chi connectivity index (χ4v) is 1.29. The van der Waals surface area contributed by atoms with Crippen molar-refractivity contribution in [3.63, 3.8) is 0 Å². The van der Waals surface area contributed by atoms with Crippen LogP contribution >= 0.6 is 27.5 Å². The van der Waals surface area contributed by atoms with Crippen LogP contribution in [0, 0.1) is 0 Å². The summed E-state index contributed by atoms with van der Waals surface area (Å²) in [5, 5.41) is 0.495. The van der Waals surface area contributed by atoms with Crippen LogP contribution in [0.15, 0.2) is 16.6 Å². The molecule has 1 rings (SSSR count). The van der Waals surface area contributed by atoms with E-state index < -0.39 is 0 Å². The van der Waals surface area contributed by atoms with E-state index in [1.165, 1.54) is 7.11 Å². The molecular formula is C8H6BrClO3. The third-order valence-electron chi connectivity index (χ3n) is 1.38. The Morgan fingerprint density at radius 2 is 2.15 bits per heavy atom. The van der Waals surface area contributed by atoms with Crippen molar-refractivity contribution in [2.45, 2.75) is 0 Å². The van der Waals surface area contributed by atoms with Gasteiger partial charge >= 0.3 is 0 Å². The molecule has 0 radical (unpaired) electrons. The van der Waals surface area contributed by atoms with Gasteiger partial charge in [-0.3, -0.25) is 4.79 Å². The van der Waals surface area contributed by atoms with Gasteiger partial charge in [0.2, 0.25) is 0 Å². The van der Waals surface area contributed by atoms with Gasteiger partial charge in [0.1, 0.15) is 0 Å². The average molecular weight is 265 g/mol. The van der Waals surface area contributed by atoms with Crippen molar-refractivity contribution in [2.24, 2.45) is 0 Å². The third-order valence-corrected chi connectivity index (χ3v) is 2.58. The number of halogens is 2. The Kier molecular flexibility index (Phi) is 3.57. The van der Waals surface area contributed by atoms with Gasteiger partial charge in [0.15, 0.2) is 11.5 Å². The molecule has 0 spiro atoms. The number of benzene rings is 1. The number of hydrogen-bond acceptors (Lipinski definition) is 3. The number of methoxy groups -OCH3 is 1. The summed E-state index contributed by atoms with van der Waals surface area (Å²) in [7, 11) is 1.47. The lowest BCUT2D eigenvalue weighted by Gasteiger charge is -2.07.